The zero-order valence-electron chi connectivity index (χ0n) is 13.1. The van der Waals surface area contributed by atoms with E-state index in [9.17, 15) is 9.59 Å². The Balaban J connectivity index is 1.66. The molecule has 5 nitrogen and oxygen atoms in total. The van der Waals surface area contributed by atoms with Gasteiger partial charge in [-0.2, -0.15) is 0 Å². The van der Waals surface area contributed by atoms with E-state index in [-0.39, 0.29) is 17.9 Å². The molecule has 1 aromatic rings. The van der Waals surface area contributed by atoms with Crippen LogP contribution in [-0.4, -0.2) is 48.1 Å². The Morgan fingerprint density at radius 3 is 2.83 bits per heavy atom. The van der Waals surface area contributed by atoms with Crippen LogP contribution in [0.4, 0.5) is 0 Å². The number of carbonyl (C=O) groups is 2. The first-order valence-electron chi connectivity index (χ1n) is 8.06. The number of nitrogens with zero attached hydrogens (tertiary/aromatic N) is 1. The van der Waals surface area contributed by atoms with E-state index in [0.717, 1.165) is 12.0 Å². The molecule has 3 rings (SSSR count). The monoisotopic (exact) mass is 314 g/mol. The number of amides is 2. The summed E-state index contributed by atoms with van der Waals surface area (Å²) in [4.78, 5) is 26.8. The largest absolute Gasteiger partial charge is 0.374 e. The number of ether oxygens (including phenoxy) is 1. The van der Waals surface area contributed by atoms with Crippen molar-refractivity contribution in [1.82, 2.24) is 10.2 Å². The van der Waals surface area contributed by atoms with E-state index < -0.39 is 12.1 Å². The number of hydrogen-bond donors (Lipinski definition) is 1. The molecule has 0 bridgehead atoms. The van der Waals surface area contributed by atoms with E-state index >= 15 is 0 Å². The van der Waals surface area contributed by atoms with Gasteiger partial charge in [-0.05, 0) is 12.0 Å². The van der Waals surface area contributed by atoms with E-state index in [2.05, 4.69) is 11.9 Å². The van der Waals surface area contributed by atoms with Gasteiger partial charge in [-0.1, -0.05) is 36.4 Å². The second-order valence-electron chi connectivity index (χ2n) is 6.07. The minimum atomic E-state index is -0.466. The second kappa shape index (κ2) is 6.96. The van der Waals surface area contributed by atoms with Crippen molar-refractivity contribution in [2.75, 3.05) is 13.2 Å². The number of piperazine rings is 1. The molecule has 0 saturated carbocycles. The van der Waals surface area contributed by atoms with Gasteiger partial charge in [0.05, 0.1) is 12.7 Å². The summed E-state index contributed by atoms with van der Waals surface area (Å²) in [6.07, 6.45) is 3.57. The highest BCUT2D eigenvalue weighted by molar-refractivity contribution is 5.97. The van der Waals surface area contributed by atoms with Crippen molar-refractivity contribution in [3.63, 3.8) is 0 Å². The fourth-order valence-corrected chi connectivity index (χ4v) is 3.32. The van der Waals surface area contributed by atoms with E-state index in [1.54, 1.807) is 11.0 Å². The van der Waals surface area contributed by atoms with E-state index in [0.29, 0.717) is 26.0 Å². The summed E-state index contributed by atoms with van der Waals surface area (Å²) in [5, 5.41) is 2.88. The molecular weight excluding hydrogens is 292 g/mol. The Morgan fingerprint density at radius 2 is 2.09 bits per heavy atom. The van der Waals surface area contributed by atoms with Gasteiger partial charge in [0.2, 0.25) is 11.8 Å². The molecule has 2 aliphatic heterocycles. The van der Waals surface area contributed by atoms with Crippen LogP contribution in [0.3, 0.4) is 0 Å². The van der Waals surface area contributed by atoms with Gasteiger partial charge in [-0.25, -0.2) is 0 Å². The van der Waals surface area contributed by atoms with Crippen LogP contribution in [0.25, 0.3) is 0 Å². The molecule has 3 unspecified atom stereocenters. The van der Waals surface area contributed by atoms with Gasteiger partial charge in [0.1, 0.15) is 12.1 Å². The zero-order chi connectivity index (χ0) is 16.2. The maximum Gasteiger partial charge on any atom is 0.246 e. The van der Waals surface area contributed by atoms with Gasteiger partial charge in [0.25, 0.3) is 0 Å². The first kappa shape index (κ1) is 15.7. The van der Waals surface area contributed by atoms with Crippen molar-refractivity contribution >= 4 is 11.8 Å². The molecule has 1 aromatic carbocycles. The van der Waals surface area contributed by atoms with Crippen LogP contribution < -0.4 is 5.32 Å². The van der Waals surface area contributed by atoms with Crippen molar-refractivity contribution in [2.24, 2.45) is 0 Å². The molecule has 122 valence electrons. The fraction of sp³-hybridized carbons (Fsp3) is 0.444. The smallest absolute Gasteiger partial charge is 0.246 e. The van der Waals surface area contributed by atoms with Gasteiger partial charge >= 0.3 is 0 Å². The van der Waals surface area contributed by atoms with Crippen LogP contribution in [-0.2, 0) is 20.7 Å². The highest BCUT2D eigenvalue weighted by Gasteiger charge is 2.43. The average molecular weight is 314 g/mol. The van der Waals surface area contributed by atoms with Crippen LogP contribution in [0, 0.1) is 0 Å². The number of rotatable bonds is 5. The minimum Gasteiger partial charge on any atom is -0.374 e. The Labute approximate surface area is 136 Å². The Hall–Kier alpha value is -2.14. The lowest BCUT2D eigenvalue weighted by molar-refractivity contribution is -0.154. The molecule has 1 N–H and O–H groups in total. The van der Waals surface area contributed by atoms with Gasteiger partial charge in [0, 0.05) is 19.4 Å². The third-order valence-electron chi connectivity index (χ3n) is 4.49. The molecule has 0 spiro atoms. The molecule has 0 radical (unpaired) electrons. The molecule has 2 heterocycles. The van der Waals surface area contributed by atoms with Crippen LogP contribution in [0.2, 0.25) is 0 Å². The minimum absolute atomic E-state index is 0.0125. The number of fused-ring (bicyclic) bond motifs is 1. The Morgan fingerprint density at radius 1 is 1.30 bits per heavy atom. The third kappa shape index (κ3) is 3.45. The van der Waals surface area contributed by atoms with Gasteiger partial charge < -0.3 is 15.0 Å². The summed E-state index contributed by atoms with van der Waals surface area (Å²) in [5.74, 6) is -0.0574. The number of carbonyl (C=O) groups excluding carboxylic acids is 2. The Bertz CT molecular complexity index is 587. The van der Waals surface area contributed by atoms with Crippen LogP contribution in [0.15, 0.2) is 43.0 Å². The third-order valence-corrected chi connectivity index (χ3v) is 4.49. The fourth-order valence-electron chi connectivity index (χ4n) is 3.32. The molecule has 3 atom stereocenters. The molecule has 0 aromatic heterocycles. The SMILES string of the molecule is C=CCOC1CCN2C(=O)C(Cc3ccccc3)NC(=O)C2C1. The van der Waals surface area contributed by atoms with Crippen molar-refractivity contribution in [2.45, 2.75) is 37.5 Å². The van der Waals surface area contributed by atoms with Crippen molar-refractivity contribution in [1.29, 1.82) is 0 Å². The molecule has 0 aliphatic carbocycles. The summed E-state index contributed by atoms with van der Waals surface area (Å²) >= 11 is 0. The predicted octanol–water partition coefficient (Wildman–Crippen LogP) is 1.29. The maximum absolute atomic E-state index is 12.7. The van der Waals surface area contributed by atoms with E-state index in [4.69, 9.17) is 4.74 Å². The first-order chi connectivity index (χ1) is 11.2. The predicted molar refractivity (Wildman–Crippen MR) is 86.7 cm³/mol. The molecule has 23 heavy (non-hydrogen) atoms. The van der Waals surface area contributed by atoms with E-state index in [1.165, 1.54) is 0 Å². The maximum atomic E-state index is 12.7. The summed E-state index contributed by atoms with van der Waals surface area (Å²) in [7, 11) is 0. The van der Waals surface area contributed by atoms with Crippen molar-refractivity contribution < 1.29 is 14.3 Å². The summed E-state index contributed by atoms with van der Waals surface area (Å²) in [6.45, 7) is 4.68. The lowest BCUT2D eigenvalue weighted by atomic mass is 9.93. The van der Waals surface area contributed by atoms with Crippen LogP contribution in [0.1, 0.15) is 18.4 Å². The molecule has 2 amide bonds. The second-order valence-corrected chi connectivity index (χ2v) is 6.07. The lowest BCUT2D eigenvalue weighted by Crippen LogP contribution is -2.66. The summed E-state index contributed by atoms with van der Waals surface area (Å²) < 4.78 is 5.65. The topological polar surface area (TPSA) is 58.6 Å². The molecular formula is C18H22N2O3. The molecule has 2 fully saturated rings. The summed E-state index contributed by atoms with van der Waals surface area (Å²) in [5.41, 5.74) is 1.05. The zero-order valence-corrected chi connectivity index (χ0v) is 13.1. The molecule has 5 heteroatoms. The normalized spacial score (nSPS) is 27.3. The highest BCUT2D eigenvalue weighted by Crippen LogP contribution is 2.25. The van der Waals surface area contributed by atoms with Gasteiger partial charge in [0.15, 0.2) is 0 Å². The first-order valence-corrected chi connectivity index (χ1v) is 8.06. The van der Waals surface area contributed by atoms with Crippen molar-refractivity contribution in [3.05, 3.63) is 48.6 Å². The van der Waals surface area contributed by atoms with Gasteiger partial charge in [-0.3, -0.25) is 9.59 Å². The van der Waals surface area contributed by atoms with Gasteiger partial charge in [-0.15, -0.1) is 6.58 Å². The molecule has 2 aliphatic rings. The number of hydrogen-bond acceptors (Lipinski definition) is 3. The van der Waals surface area contributed by atoms with Crippen molar-refractivity contribution in [3.8, 4) is 0 Å². The molecule has 2 saturated heterocycles. The quantitative estimate of drug-likeness (QED) is 0.833. The average Bonchev–Trinajstić information content (AvgIpc) is 2.58. The van der Waals surface area contributed by atoms with Crippen LogP contribution in [0.5, 0.6) is 0 Å². The van der Waals surface area contributed by atoms with Crippen LogP contribution >= 0.6 is 0 Å². The Kier molecular flexibility index (Phi) is 4.76. The standard InChI is InChI=1S/C18H22N2O3/c1-2-10-23-14-8-9-20-16(12-14)17(21)19-15(18(20)22)11-13-6-4-3-5-7-13/h2-7,14-16H,1,8-12H2,(H,19,21). The highest BCUT2D eigenvalue weighted by atomic mass is 16.5. The number of benzene rings is 1. The summed E-state index contributed by atoms with van der Waals surface area (Å²) in [6, 6.07) is 8.90. The number of piperidine rings is 1. The lowest BCUT2D eigenvalue weighted by Gasteiger charge is -2.43. The number of nitrogens with one attached hydrogen (secondary N) is 1. The van der Waals surface area contributed by atoms with E-state index in [1.807, 2.05) is 30.3 Å².